The Hall–Kier alpha value is -1.87. The first-order valence-electron chi connectivity index (χ1n) is 7.75. The van der Waals surface area contributed by atoms with Gasteiger partial charge in [-0.15, -0.1) is 0 Å². The van der Waals surface area contributed by atoms with Gasteiger partial charge in [-0.3, -0.25) is 4.98 Å². The van der Waals surface area contributed by atoms with Gasteiger partial charge in [0.15, 0.2) is 0 Å². The van der Waals surface area contributed by atoms with Gasteiger partial charge in [0.2, 0.25) is 0 Å². The summed E-state index contributed by atoms with van der Waals surface area (Å²) in [6, 6.07) is 10.8. The molecule has 0 atom stereocenters. The summed E-state index contributed by atoms with van der Waals surface area (Å²) in [6.45, 7) is 7.42. The molecule has 3 nitrogen and oxygen atoms in total. The molecule has 1 aliphatic heterocycles. The predicted molar refractivity (Wildman–Crippen MR) is 87.9 cm³/mol. The first kappa shape index (κ1) is 14.1. The van der Waals surface area contributed by atoms with Crippen LogP contribution in [0.5, 0.6) is 0 Å². The van der Waals surface area contributed by atoms with Crippen LogP contribution < -0.4 is 10.2 Å². The van der Waals surface area contributed by atoms with E-state index in [1.165, 1.54) is 22.5 Å². The highest BCUT2D eigenvalue weighted by Gasteiger charge is 2.21. The van der Waals surface area contributed by atoms with E-state index in [4.69, 9.17) is 0 Å². The maximum absolute atomic E-state index is 4.30. The fraction of sp³-hybridized carbons (Fsp3) is 0.389. The molecule has 3 heteroatoms. The van der Waals surface area contributed by atoms with Gasteiger partial charge in [-0.25, -0.2) is 0 Å². The zero-order valence-electron chi connectivity index (χ0n) is 12.8. The van der Waals surface area contributed by atoms with Crippen molar-refractivity contribution < 1.29 is 0 Å². The van der Waals surface area contributed by atoms with E-state index in [9.17, 15) is 0 Å². The molecule has 2 aromatic rings. The van der Waals surface area contributed by atoms with Crippen LogP contribution in [0.15, 0.2) is 42.7 Å². The predicted octanol–water partition coefficient (Wildman–Crippen LogP) is 3.52. The fourth-order valence-corrected chi connectivity index (χ4v) is 2.90. The Labute approximate surface area is 127 Å². The lowest BCUT2D eigenvalue weighted by Crippen LogP contribution is -2.22. The zero-order valence-corrected chi connectivity index (χ0v) is 12.8. The van der Waals surface area contributed by atoms with Crippen LogP contribution in [0.3, 0.4) is 0 Å². The maximum Gasteiger partial charge on any atom is 0.0487 e. The van der Waals surface area contributed by atoms with E-state index >= 15 is 0 Å². The van der Waals surface area contributed by atoms with E-state index < -0.39 is 0 Å². The maximum atomic E-state index is 4.30. The molecule has 1 aromatic carbocycles. The Morgan fingerprint density at radius 2 is 2.05 bits per heavy atom. The van der Waals surface area contributed by atoms with Gasteiger partial charge in [0.25, 0.3) is 0 Å². The van der Waals surface area contributed by atoms with Crippen molar-refractivity contribution >= 4 is 11.4 Å². The summed E-state index contributed by atoms with van der Waals surface area (Å²) in [5.74, 6) is 0.664. The standard InChI is InChI=1S/C18H23N3/c1-14(2)11-20-13-16-12-19-9-7-18(16)21-10-8-15-5-3-4-6-17(15)21/h3-7,9,12,14,20H,8,10-11,13H2,1-2H3. The van der Waals surface area contributed by atoms with E-state index in [1.54, 1.807) is 0 Å². The van der Waals surface area contributed by atoms with Crippen LogP contribution in [0.2, 0.25) is 0 Å². The molecule has 2 heterocycles. The molecule has 1 aliphatic rings. The molecule has 0 aliphatic carbocycles. The van der Waals surface area contributed by atoms with Crippen LogP contribution in [0.25, 0.3) is 0 Å². The fourth-order valence-electron chi connectivity index (χ4n) is 2.90. The number of pyridine rings is 1. The molecule has 0 spiro atoms. The van der Waals surface area contributed by atoms with Crippen molar-refractivity contribution in [3.8, 4) is 0 Å². The van der Waals surface area contributed by atoms with Gasteiger partial charge in [-0.1, -0.05) is 32.0 Å². The lowest BCUT2D eigenvalue weighted by molar-refractivity contribution is 0.552. The average molecular weight is 281 g/mol. The summed E-state index contributed by atoms with van der Waals surface area (Å²) < 4.78 is 0. The molecule has 0 amide bonds. The van der Waals surface area contributed by atoms with Gasteiger partial charge >= 0.3 is 0 Å². The third-order valence-corrected chi connectivity index (χ3v) is 3.92. The molecular formula is C18H23N3. The Balaban J connectivity index is 1.83. The lowest BCUT2D eigenvalue weighted by Gasteiger charge is -2.23. The number of hydrogen-bond donors (Lipinski definition) is 1. The normalized spacial score (nSPS) is 13.8. The molecule has 0 radical (unpaired) electrons. The largest absolute Gasteiger partial charge is 0.341 e. The Kier molecular flexibility index (Phi) is 4.20. The number of anilines is 2. The minimum atomic E-state index is 0.664. The third kappa shape index (κ3) is 3.08. The summed E-state index contributed by atoms with van der Waals surface area (Å²) in [5.41, 5.74) is 5.34. The second-order valence-electron chi connectivity index (χ2n) is 6.06. The van der Waals surface area contributed by atoms with Crippen LogP contribution >= 0.6 is 0 Å². The summed E-state index contributed by atoms with van der Waals surface area (Å²) in [5, 5.41) is 3.52. The van der Waals surface area contributed by atoms with Crippen molar-refractivity contribution in [3.63, 3.8) is 0 Å². The lowest BCUT2D eigenvalue weighted by atomic mass is 10.1. The van der Waals surface area contributed by atoms with Gasteiger partial charge < -0.3 is 10.2 Å². The van der Waals surface area contributed by atoms with Gasteiger partial charge in [0.1, 0.15) is 0 Å². The Morgan fingerprint density at radius 3 is 2.90 bits per heavy atom. The molecule has 0 fully saturated rings. The van der Waals surface area contributed by atoms with Crippen molar-refractivity contribution in [2.45, 2.75) is 26.8 Å². The van der Waals surface area contributed by atoms with E-state index in [-0.39, 0.29) is 0 Å². The number of hydrogen-bond acceptors (Lipinski definition) is 3. The highest BCUT2D eigenvalue weighted by Crippen LogP contribution is 2.35. The molecule has 1 N–H and O–H groups in total. The second-order valence-corrected chi connectivity index (χ2v) is 6.06. The number of benzene rings is 1. The molecule has 3 rings (SSSR count). The summed E-state index contributed by atoms with van der Waals surface area (Å²) >= 11 is 0. The summed E-state index contributed by atoms with van der Waals surface area (Å²) in [7, 11) is 0. The topological polar surface area (TPSA) is 28.2 Å². The molecule has 0 bridgehead atoms. The van der Waals surface area contributed by atoms with Gasteiger partial charge in [-0.2, -0.15) is 0 Å². The first-order chi connectivity index (χ1) is 10.3. The quantitative estimate of drug-likeness (QED) is 0.909. The monoisotopic (exact) mass is 281 g/mol. The van der Waals surface area contributed by atoms with E-state index in [2.05, 4.69) is 59.4 Å². The molecule has 21 heavy (non-hydrogen) atoms. The van der Waals surface area contributed by atoms with Crippen molar-refractivity contribution in [3.05, 3.63) is 53.9 Å². The highest BCUT2D eigenvalue weighted by molar-refractivity contribution is 5.71. The van der Waals surface area contributed by atoms with Crippen LogP contribution in [-0.4, -0.2) is 18.1 Å². The van der Waals surface area contributed by atoms with Crippen LogP contribution in [0.4, 0.5) is 11.4 Å². The zero-order chi connectivity index (χ0) is 14.7. The molecule has 0 unspecified atom stereocenters. The van der Waals surface area contributed by atoms with Crippen LogP contribution in [0, 0.1) is 5.92 Å². The minimum Gasteiger partial charge on any atom is -0.341 e. The van der Waals surface area contributed by atoms with Crippen molar-refractivity contribution in [2.75, 3.05) is 18.0 Å². The molecule has 0 saturated heterocycles. The second kappa shape index (κ2) is 6.27. The van der Waals surface area contributed by atoms with E-state index in [0.717, 1.165) is 26.1 Å². The Bertz CT molecular complexity index is 607. The van der Waals surface area contributed by atoms with Crippen molar-refractivity contribution in [1.29, 1.82) is 0 Å². The average Bonchev–Trinajstić information content (AvgIpc) is 2.91. The number of aromatic nitrogens is 1. The summed E-state index contributed by atoms with van der Waals surface area (Å²) in [6.07, 6.45) is 5.00. The van der Waals surface area contributed by atoms with Gasteiger partial charge in [-0.05, 0) is 36.6 Å². The molecule has 1 aromatic heterocycles. The van der Waals surface area contributed by atoms with Crippen LogP contribution in [-0.2, 0) is 13.0 Å². The van der Waals surface area contributed by atoms with E-state index in [0.29, 0.717) is 5.92 Å². The number of nitrogens with zero attached hydrogens (tertiary/aromatic N) is 2. The first-order valence-corrected chi connectivity index (χ1v) is 7.75. The molecule has 110 valence electrons. The smallest absolute Gasteiger partial charge is 0.0487 e. The number of para-hydroxylation sites is 1. The number of fused-ring (bicyclic) bond motifs is 1. The molecule has 0 saturated carbocycles. The summed E-state index contributed by atoms with van der Waals surface area (Å²) in [4.78, 5) is 6.72. The van der Waals surface area contributed by atoms with Gasteiger partial charge in [0, 0.05) is 42.4 Å². The highest BCUT2D eigenvalue weighted by atomic mass is 15.2. The SMILES string of the molecule is CC(C)CNCc1cnccc1N1CCc2ccccc21. The van der Waals surface area contributed by atoms with Crippen LogP contribution in [0.1, 0.15) is 25.0 Å². The Morgan fingerprint density at radius 1 is 1.19 bits per heavy atom. The number of rotatable bonds is 5. The minimum absolute atomic E-state index is 0.664. The molecular weight excluding hydrogens is 258 g/mol. The van der Waals surface area contributed by atoms with E-state index in [1.807, 2.05) is 12.4 Å². The number of nitrogens with one attached hydrogen (secondary N) is 1. The van der Waals surface area contributed by atoms with Crippen molar-refractivity contribution in [1.82, 2.24) is 10.3 Å². The van der Waals surface area contributed by atoms with Gasteiger partial charge in [0.05, 0.1) is 0 Å². The van der Waals surface area contributed by atoms with Crippen molar-refractivity contribution in [2.24, 2.45) is 5.92 Å². The third-order valence-electron chi connectivity index (χ3n) is 3.92.